The number of amides is 1. The van der Waals surface area contributed by atoms with Crippen LogP contribution in [0.25, 0.3) is 11.3 Å². The molecule has 2 heterocycles. The van der Waals surface area contributed by atoms with Crippen LogP contribution < -0.4 is 5.32 Å². The number of aromatic nitrogens is 2. The van der Waals surface area contributed by atoms with E-state index in [0.29, 0.717) is 25.7 Å². The van der Waals surface area contributed by atoms with Crippen molar-refractivity contribution in [2.24, 2.45) is 10.2 Å². The molecule has 6 nitrogen and oxygen atoms in total. The van der Waals surface area contributed by atoms with Crippen LogP contribution in [0, 0.1) is 12.3 Å². The van der Waals surface area contributed by atoms with Gasteiger partial charge in [-0.05, 0) is 31.7 Å². The molecule has 1 aliphatic heterocycles. The van der Waals surface area contributed by atoms with E-state index in [-0.39, 0.29) is 5.91 Å². The molecular weight excluding hydrogens is 338 g/mol. The summed E-state index contributed by atoms with van der Waals surface area (Å²) in [7, 11) is 0. The molecule has 0 radical (unpaired) electrons. The first-order chi connectivity index (χ1) is 13.2. The number of aryl methyl sites for hydroxylation is 1. The number of hydrogen-bond acceptors (Lipinski definition) is 4. The quantitative estimate of drug-likeness (QED) is 0.723. The van der Waals surface area contributed by atoms with Crippen LogP contribution in [-0.2, 0) is 17.6 Å². The van der Waals surface area contributed by atoms with Gasteiger partial charge in [-0.25, -0.2) is 0 Å². The second-order valence-electron chi connectivity index (χ2n) is 7.22. The largest absolute Gasteiger partial charge is 0.325 e. The zero-order valence-electron chi connectivity index (χ0n) is 15.3. The molecule has 4 rings (SSSR count). The Labute approximate surface area is 158 Å². The van der Waals surface area contributed by atoms with Crippen molar-refractivity contribution in [3.63, 3.8) is 0 Å². The normalized spacial score (nSPS) is 16.4. The van der Waals surface area contributed by atoms with Gasteiger partial charge in [0.2, 0.25) is 5.91 Å². The molecular formula is C21H23N5O. The maximum atomic E-state index is 12.5. The smallest absolute Gasteiger partial charge is 0.224 e. The average molecular weight is 361 g/mol. The van der Waals surface area contributed by atoms with Crippen molar-refractivity contribution in [2.75, 3.05) is 5.32 Å². The average Bonchev–Trinajstić information content (AvgIpc) is 3.35. The predicted molar refractivity (Wildman–Crippen MR) is 104 cm³/mol. The molecule has 1 amide bonds. The standard InChI is InChI=1S/C21H23N5O/c1-2-3-13-21(25-26-21)14-12-19(27)22-17-10-6-4-8-15(17)20-16-9-5-7-11-18(16)23-24-20/h1,4,6,8,10H,3,5,7,9,11-14H2,(H,22,27)(H,23,24). The van der Waals surface area contributed by atoms with Crippen LogP contribution in [0.1, 0.15) is 49.8 Å². The number of H-pyrrole nitrogens is 1. The highest BCUT2D eigenvalue weighted by atomic mass is 16.1. The third-order valence-corrected chi connectivity index (χ3v) is 5.32. The molecule has 138 valence electrons. The van der Waals surface area contributed by atoms with E-state index in [1.807, 2.05) is 24.3 Å². The Morgan fingerprint density at radius 2 is 2.04 bits per heavy atom. The first kappa shape index (κ1) is 17.5. The molecule has 2 aromatic rings. The Hall–Kier alpha value is -2.94. The number of hydrogen-bond donors (Lipinski definition) is 2. The number of para-hydroxylation sites is 1. The number of terminal acetylenes is 1. The Morgan fingerprint density at radius 1 is 1.22 bits per heavy atom. The van der Waals surface area contributed by atoms with Crippen molar-refractivity contribution < 1.29 is 4.79 Å². The molecule has 0 unspecified atom stereocenters. The summed E-state index contributed by atoms with van der Waals surface area (Å²) in [5.74, 6) is 2.57. The number of rotatable bonds is 7. The number of nitrogens with zero attached hydrogens (tertiary/aromatic N) is 3. The summed E-state index contributed by atoms with van der Waals surface area (Å²) in [6.07, 6.45) is 12.1. The molecule has 2 aliphatic rings. The van der Waals surface area contributed by atoms with Crippen molar-refractivity contribution in [1.29, 1.82) is 0 Å². The lowest BCUT2D eigenvalue weighted by molar-refractivity contribution is -0.116. The molecule has 1 aromatic carbocycles. The summed E-state index contributed by atoms with van der Waals surface area (Å²) in [5.41, 5.74) is 4.80. The van der Waals surface area contributed by atoms with E-state index in [1.165, 1.54) is 24.1 Å². The lowest BCUT2D eigenvalue weighted by atomic mass is 9.93. The summed E-state index contributed by atoms with van der Waals surface area (Å²) in [6, 6.07) is 7.85. The van der Waals surface area contributed by atoms with Crippen molar-refractivity contribution >= 4 is 11.6 Å². The number of anilines is 1. The fourth-order valence-corrected chi connectivity index (χ4v) is 3.70. The van der Waals surface area contributed by atoms with Crippen LogP contribution >= 0.6 is 0 Å². The molecule has 2 N–H and O–H groups in total. The van der Waals surface area contributed by atoms with E-state index in [2.05, 4.69) is 31.7 Å². The molecule has 1 aromatic heterocycles. The van der Waals surface area contributed by atoms with E-state index in [9.17, 15) is 4.79 Å². The molecule has 0 bridgehead atoms. The number of aromatic amines is 1. The minimum Gasteiger partial charge on any atom is -0.325 e. The van der Waals surface area contributed by atoms with Gasteiger partial charge < -0.3 is 5.32 Å². The van der Waals surface area contributed by atoms with Gasteiger partial charge in [0, 0.05) is 42.5 Å². The van der Waals surface area contributed by atoms with E-state index in [1.54, 1.807) is 0 Å². The van der Waals surface area contributed by atoms with Gasteiger partial charge in [0.1, 0.15) is 0 Å². The molecule has 0 atom stereocenters. The number of fused-ring (bicyclic) bond motifs is 1. The maximum Gasteiger partial charge on any atom is 0.224 e. The van der Waals surface area contributed by atoms with Gasteiger partial charge in [-0.1, -0.05) is 18.2 Å². The third kappa shape index (κ3) is 3.77. The zero-order chi connectivity index (χ0) is 18.7. The van der Waals surface area contributed by atoms with Gasteiger partial charge in [-0.2, -0.15) is 15.3 Å². The molecule has 0 fully saturated rings. The van der Waals surface area contributed by atoms with Crippen LogP contribution in [0.15, 0.2) is 34.5 Å². The summed E-state index contributed by atoms with van der Waals surface area (Å²) in [4.78, 5) is 12.5. The van der Waals surface area contributed by atoms with E-state index in [0.717, 1.165) is 29.8 Å². The summed E-state index contributed by atoms with van der Waals surface area (Å²) < 4.78 is 0. The van der Waals surface area contributed by atoms with Gasteiger partial charge in [0.15, 0.2) is 5.66 Å². The topological polar surface area (TPSA) is 82.5 Å². The van der Waals surface area contributed by atoms with Gasteiger partial charge in [0.25, 0.3) is 0 Å². The van der Waals surface area contributed by atoms with E-state index < -0.39 is 5.66 Å². The van der Waals surface area contributed by atoms with Crippen molar-refractivity contribution in [3.8, 4) is 23.6 Å². The number of nitrogens with one attached hydrogen (secondary N) is 2. The van der Waals surface area contributed by atoms with Crippen LogP contribution in [0.3, 0.4) is 0 Å². The zero-order valence-corrected chi connectivity index (χ0v) is 15.3. The molecule has 0 spiro atoms. The first-order valence-electron chi connectivity index (χ1n) is 9.54. The Balaban J connectivity index is 1.45. The number of carbonyl (C=O) groups is 1. The van der Waals surface area contributed by atoms with Crippen molar-refractivity contribution in [1.82, 2.24) is 10.2 Å². The molecule has 6 heteroatoms. The van der Waals surface area contributed by atoms with Gasteiger partial charge >= 0.3 is 0 Å². The minimum atomic E-state index is -0.426. The third-order valence-electron chi connectivity index (χ3n) is 5.32. The van der Waals surface area contributed by atoms with E-state index in [4.69, 9.17) is 6.42 Å². The predicted octanol–water partition coefficient (Wildman–Crippen LogP) is 4.25. The van der Waals surface area contributed by atoms with E-state index >= 15 is 0 Å². The second-order valence-corrected chi connectivity index (χ2v) is 7.22. The Morgan fingerprint density at radius 3 is 2.85 bits per heavy atom. The highest BCUT2D eigenvalue weighted by Crippen LogP contribution is 2.38. The van der Waals surface area contributed by atoms with Crippen molar-refractivity contribution in [3.05, 3.63) is 35.5 Å². The summed E-state index contributed by atoms with van der Waals surface area (Å²) >= 11 is 0. The summed E-state index contributed by atoms with van der Waals surface area (Å²) in [6.45, 7) is 0. The minimum absolute atomic E-state index is 0.0377. The van der Waals surface area contributed by atoms with Crippen LogP contribution in [0.4, 0.5) is 5.69 Å². The SMILES string of the molecule is C#CCCC1(CCC(=O)Nc2ccccc2-c2n[nH]c3c2CCCC3)N=N1. The number of benzene rings is 1. The fourth-order valence-electron chi connectivity index (χ4n) is 3.70. The molecule has 0 saturated heterocycles. The lowest BCUT2D eigenvalue weighted by Crippen LogP contribution is -2.18. The highest BCUT2D eigenvalue weighted by Gasteiger charge is 2.39. The maximum absolute atomic E-state index is 12.5. The lowest BCUT2D eigenvalue weighted by Gasteiger charge is -2.14. The summed E-state index contributed by atoms with van der Waals surface area (Å²) in [5, 5.41) is 18.9. The second kappa shape index (κ2) is 7.36. The van der Waals surface area contributed by atoms with Crippen molar-refractivity contribution in [2.45, 2.75) is 57.0 Å². The van der Waals surface area contributed by atoms with Gasteiger partial charge in [0.05, 0.1) is 11.4 Å². The number of carbonyl (C=O) groups excluding carboxylic acids is 1. The highest BCUT2D eigenvalue weighted by molar-refractivity contribution is 5.95. The van der Waals surface area contributed by atoms with Crippen LogP contribution in [0.2, 0.25) is 0 Å². The van der Waals surface area contributed by atoms with Crippen LogP contribution in [-0.4, -0.2) is 21.8 Å². The molecule has 27 heavy (non-hydrogen) atoms. The monoisotopic (exact) mass is 361 g/mol. The Bertz CT molecular complexity index is 915. The van der Waals surface area contributed by atoms with Gasteiger partial charge in [-0.3, -0.25) is 9.89 Å². The van der Waals surface area contributed by atoms with Gasteiger partial charge in [-0.15, -0.1) is 12.3 Å². The van der Waals surface area contributed by atoms with Crippen LogP contribution in [0.5, 0.6) is 0 Å². The fraction of sp³-hybridized carbons (Fsp3) is 0.429. The molecule has 0 saturated carbocycles. The first-order valence-corrected chi connectivity index (χ1v) is 9.54. The molecule has 1 aliphatic carbocycles. The Kier molecular flexibility index (Phi) is 4.76.